The lowest BCUT2D eigenvalue weighted by atomic mass is 9.80. The molecule has 3 aromatic carbocycles. The highest BCUT2D eigenvalue weighted by Crippen LogP contribution is 2.33. The molecule has 4 rings (SSSR count). The molecule has 2 heteroatoms. The van der Waals surface area contributed by atoms with Crippen LogP contribution in [-0.4, -0.2) is 11.6 Å². The molecule has 1 aliphatic rings. The second-order valence-corrected chi connectivity index (χ2v) is 5.21. The maximum absolute atomic E-state index is 12.9. The molecule has 0 aliphatic heterocycles. The topological polar surface area (TPSA) is 34.1 Å². The Labute approximate surface area is 128 Å². The van der Waals surface area contributed by atoms with Crippen molar-refractivity contribution in [2.24, 2.45) is 0 Å². The highest BCUT2D eigenvalue weighted by molar-refractivity contribution is 6.30. The number of fused-ring (bicyclic) bond motifs is 2. The maximum Gasteiger partial charge on any atom is 0.195 e. The van der Waals surface area contributed by atoms with Gasteiger partial charge in [-0.1, -0.05) is 66.7 Å². The first-order valence-corrected chi connectivity index (χ1v) is 7.06. The molecule has 0 heterocycles. The number of benzene rings is 3. The van der Waals surface area contributed by atoms with E-state index in [0.717, 1.165) is 11.1 Å². The fraction of sp³-hybridized carbons (Fsp3) is 0. The molecule has 22 heavy (non-hydrogen) atoms. The molecule has 1 aliphatic carbocycles. The van der Waals surface area contributed by atoms with Gasteiger partial charge in [0.15, 0.2) is 11.6 Å². The van der Waals surface area contributed by atoms with Crippen molar-refractivity contribution in [1.29, 1.82) is 0 Å². The molecule has 0 unspecified atom stereocenters. The number of hydrogen-bond acceptors (Lipinski definition) is 2. The zero-order chi connectivity index (χ0) is 15.1. The standard InChI is InChI=1S/C20H11O2/c21-19-15-9-4-5-10-16(15)20(22)18-14(11-6-12-17(18)19)13-7-2-1-3-8-13/h1-7,9-12H. The predicted octanol–water partition coefficient (Wildman–Crippen LogP) is 3.93. The van der Waals surface area contributed by atoms with Crippen molar-refractivity contribution >= 4 is 11.6 Å². The Bertz CT molecular complexity index is 908. The Kier molecular flexibility index (Phi) is 2.76. The van der Waals surface area contributed by atoms with Gasteiger partial charge in [0.2, 0.25) is 0 Å². The zero-order valence-electron chi connectivity index (χ0n) is 11.7. The van der Waals surface area contributed by atoms with E-state index in [1.165, 1.54) is 0 Å². The lowest BCUT2D eigenvalue weighted by Gasteiger charge is -2.20. The van der Waals surface area contributed by atoms with E-state index in [1.807, 2.05) is 30.3 Å². The summed E-state index contributed by atoms with van der Waals surface area (Å²) in [5, 5.41) is 0. The van der Waals surface area contributed by atoms with Crippen LogP contribution in [0.25, 0.3) is 11.1 Å². The summed E-state index contributed by atoms with van der Waals surface area (Å²) < 4.78 is 0. The van der Waals surface area contributed by atoms with Crippen LogP contribution in [0.3, 0.4) is 0 Å². The number of carbonyl (C=O) groups excluding carboxylic acids is 2. The molecule has 2 nitrogen and oxygen atoms in total. The largest absolute Gasteiger partial charge is 0.289 e. The summed E-state index contributed by atoms with van der Waals surface area (Å²) in [4.78, 5) is 25.6. The molecule has 0 amide bonds. The third-order valence-corrected chi connectivity index (χ3v) is 3.95. The van der Waals surface area contributed by atoms with Crippen LogP contribution in [0, 0.1) is 6.07 Å². The van der Waals surface area contributed by atoms with E-state index in [1.54, 1.807) is 36.4 Å². The molecule has 0 bridgehead atoms. The Morgan fingerprint density at radius 2 is 1.23 bits per heavy atom. The van der Waals surface area contributed by atoms with Crippen molar-refractivity contribution in [3.8, 4) is 11.1 Å². The van der Waals surface area contributed by atoms with E-state index < -0.39 is 0 Å². The average molecular weight is 283 g/mol. The van der Waals surface area contributed by atoms with E-state index in [2.05, 4.69) is 6.07 Å². The molecule has 0 N–H and O–H groups in total. The van der Waals surface area contributed by atoms with Crippen molar-refractivity contribution in [1.82, 2.24) is 0 Å². The van der Waals surface area contributed by atoms with E-state index in [0.29, 0.717) is 22.3 Å². The number of hydrogen-bond donors (Lipinski definition) is 0. The van der Waals surface area contributed by atoms with Gasteiger partial charge in [0, 0.05) is 22.3 Å². The third kappa shape index (κ3) is 1.74. The van der Waals surface area contributed by atoms with Crippen molar-refractivity contribution < 1.29 is 9.59 Å². The molecule has 0 atom stereocenters. The van der Waals surface area contributed by atoms with Crippen molar-refractivity contribution in [3.05, 3.63) is 95.1 Å². The second-order valence-electron chi connectivity index (χ2n) is 5.21. The monoisotopic (exact) mass is 283 g/mol. The van der Waals surface area contributed by atoms with Crippen LogP contribution in [-0.2, 0) is 0 Å². The second kappa shape index (κ2) is 4.78. The van der Waals surface area contributed by atoms with Crippen molar-refractivity contribution in [2.45, 2.75) is 0 Å². The van der Waals surface area contributed by atoms with Crippen LogP contribution in [0.4, 0.5) is 0 Å². The van der Waals surface area contributed by atoms with Gasteiger partial charge in [-0.25, -0.2) is 0 Å². The molecular formula is C20H11O2. The lowest BCUT2D eigenvalue weighted by molar-refractivity contribution is 0.0979. The minimum atomic E-state index is -0.0990. The van der Waals surface area contributed by atoms with Gasteiger partial charge in [0.25, 0.3) is 0 Å². The van der Waals surface area contributed by atoms with Crippen LogP contribution < -0.4 is 0 Å². The van der Waals surface area contributed by atoms with Crippen LogP contribution >= 0.6 is 0 Å². The fourth-order valence-corrected chi connectivity index (χ4v) is 2.93. The Morgan fingerprint density at radius 3 is 1.95 bits per heavy atom. The maximum atomic E-state index is 12.9. The smallest absolute Gasteiger partial charge is 0.195 e. The summed E-state index contributed by atoms with van der Waals surface area (Å²) >= 11 is 0. The fourth-order valence-electron chi connectivity index (χ4n) is 2.93. The molecule has 103 valence electrons. The molecular weight excluding hydrogens is 272 g/mol. The first kappa shape index (κ1) is 12.7. The van der Waals surface area contributed by atoms with Crippen molar-refractivity contribution in [2.75, 3.05) is 0 Å². The van der Waals surface area contributed by atoms with Gasteiger partial charge >= 0.3 is 0 Å². The quantitative estimate of drug-likeness (QED) is 0.530. The van der Waals surface area contributed by atoms with Gasteiger partial charge in [0.05, 0.1) is 0 Å². The summed E-state index contributed by atoms with van der Waals surface area (Å²) in [6.45, 7) is 0. The first-order chi connectivity index (χ1) is 10.8. The zero-order valence-corrected chi connectivity index (χ0v) is 11.7. The highest BCUT2D eigenvalue weighted by Gasteiger charge is 2.31. The van der Waals surface area contributed by atoms with E-state index in [-0.39, 0.29) is 11.6 Å². The van der Waals surface area contributed by atoms with E-state index in [9.17, 15) is 9.59 Å². The summed E-state index contributed by atoms with van der Waals surface area (Å²) in [6, 6.07) is 23.0. The first-order valence-electron chi connectivity index (χ1n) is 7.06. The summed E-state index contributed by atoms with van der Waals surface area (Å²) in [7, 11) is 0. The van der Waals surface area contributed by atoms with Gasteiger partial charge in [0.1, 0.15) is 0 Å². The predicted molar refractivity (Wildman–Crippen MR) is 84.0 cm³/mol. The molecule has 3 aromatic rings. The summed E-state index contributed by atoms with van der Waals surface area (Å²) in [6.07, 6.45) is 0. The van der Waals surface area contributed by atoms with Gasteiger partial charge in [-0.15, -0.1) is 0 Å². The molecule has 0 saturated carbocycles. The lowest BCUT2D eigenvalue weighted by Crippen LogP contribution is -2.21. The Hall–Kier alpha value is -3.00. The number of ketones is 2. The van der Waals surface area contributed by atoms with E-state index >= 15 is 0 Å². The average Bonchev–Trinajstić information content (AvgIpc) is 2.60. The third-order valence-electron chi connectivity index (χ3n) is 3.95. The molecule has 0 spiro atoms. The highest BCUT2D eigenvalue weighted by atomic mass is 16.1. The van der Waals surface area contributed by atoms with Crippen LogP contribution in [0.15, 0.2) is 66.7 Å². The number of rotatable bonds is 1. The number of carbonyl (C=O) groups is 2. The van der Waals surface area contributed by atoms with Gasteiger partial charge in [-0.2, -0.15) is 0 Å². The van der Waals surface area contributed by atoms with Gasteiger partial charge in [-0.3, -0.25) is 9.59 Å². The van der Waals surface area contributed by atoms with Crippen LogP contribution in [0.1, 0.15) is 31.8 Å². The normalized spacial score (nSPS) is 12.7. The van der Waals surface area contributed by atoms with Crippen LogP contribution in [0.5, 0.6) is 0 Å². The minimum Gasteiger partial charge on any atom is -0.289 e. The molecule has 0 fully saturated rings. The van der Waals surface area contributed by atoms with Crippen molar-refractivity contribution in [3.63, 3.8) is 0 Å². The van der Waals surface area contributed by atoms with Crippen LogP contribution in [0.2, 0.25) is 0 Å². The molecule has 1 radical (unpaired) electrons. The summed E-state index contributed by atoms with van der Waals surface area (Å²) in [5.74, 6) is -0.193. The Balaban J connectivity index is 2.02. The van der Waals surface area contributed by atoms with E-state index in [4.69, 9.17) is 0 Å². The Morgan fingerprint density at radius 1 is 0.591 bits per heavy atom. The van der Waals surface area contributed by atoms with Gasteiger partial charge in [-0.05, 0) is 17.2 Å². The molecule has 0 saturated heterocycles. The SMILES string of the molecule is O=C1c2ccccc2C(=O)c2c1cccc2-c1[c]cccc1. The van der Waals surface area contributed by atoms with Gasteiger partial charge < -0.3 is 0 Å². The minimum absolute atomic E-state index is 0.0945. The summed E-state index contributed by atoms with van der Waals surface area (Å²) in [5.41, 5.74) is 3.48. The molecule has 0 aromatic heterocycles.